The fraction of sp³-hybridized carbons (Fsp3) is 0.364. The van der Waals surface area contributed by atoms with Crippen molar-refractivity contribution >= 4 is 23.6 Å². The molecule has 0 spiro atoms. The average molecular weight is 419 g/mol. The zero-order valence-electron chi connectivity index (χ0n) is 16.2. The zero-order chi connectivity index (χ0) is 20.8. The van der Waals surface area contributed by atoms with E-state index in [-0.39, 0.29) is 11.5 Å². The lowest BCUT2D eigenvalue weighted by Crippen LogP contribution is -2.48. The van der Waals surface area contributed by atoms with Crippen molar-refractivity contribution in [2.45, 2.75) is 37.6 Å². The standard InChI is InChI=1S/C22H24F2N2O2S/c1-2-3-4-11-25-20(27)19-14-29-22(16-8-6-10-18(24)13-16)26(19)21(28)15-7-5-9-17(23)12-15/h5-10,12-13,19,22H,2-4,11,14H2,1H3,(H,25,27). The molecular formula is C22H24F2N2O2S. The van der Waals surface area contributed by atoms with Gasteiger partial charge in [-0.25, -0.2) is 8.78 Å². The molecule has 1 aliphatic heterocycles. The predicted molar refractivity (Wildman–Crippen MR) is 110 cm³/mol. The van der Waals surface area contributed by atoms with Crippen LogP contribution in [-0.2, 0) is 4.79 Å². The molecule has 2 amide bonds. The molecule has 1 heterocycles. The van der Waals surface area contributed by atoms with E-state index in [2.05, 4.69) is 12.2 Å². The van der Waals surface area contributed by atoms with Crippen molar-refractivity contribution in [2.24, 2.45) is 0 Å². The van der Waals surface area contributed by atoms with Gasteiger partial charge in [0.15, 0.2) is 0 Å². The molecule has 1 fully saturated rings. The third-order valence-electron chi connectivity index (χ3n) is 4.82. The fourth-order valence-corrected chi connectivity index (χ4v) is 4.77. The molecule has 0 aliphatic carbocycles. The van der Waals surface area contributed by atoms with E-state index in [1.807, 2.05) is 0 Å². The van der Waals surface area contributed by atoms with Crippen molar-refractivity contribution < 1.29 is 18.4 Å². The topological polar surface area (TPSA) is 49.4 Å². The van der Waals surface area contributed by atoms with E-state index in [1.54, 1.807) is 12.1 Å². The molecule has 0 radical (unpaired) electrons. The number of unbranched alkanes of at least 4 members (excludes halogenated alkanes) is 2. The normalized spacial score (nSPS) is 18.7. The smallest absolute Gasteiger partial charge is 0.255 e. The van der Waals surface area contributed by atoms with Crippen molar-refractivity contribution in [3.8, 4) is 0 Å². The largest absolute Gasteiger partial charge is 0.354 e. The third kappa shape index (κ3) is 5.15. The predicted octanol–water partition coefficient (Wildman–Crippen LogP) is 4.53. The Hall–Kier alpha value is -2.41. The van der Waals surface area contributed by atoms with Gasteiger partial charge in [-0.1, -0.05) is 38.0 Å². The quantitative estimate of drug-likeness (QED) is 0.673. The molecule has 1 aliphatic rings. The summed E-state index contributed by atoms with van der Waals surface area (Å²) in [7, 11) is 0. The molecule has 4 nitrogen and oxygen atoms in total. The number of nitrogens with zero attached hydrogens (tertiary/aromatic N) is 1. The van der Waals surface area contributed by atoms with Crippen LogP contribution < -0.4 is 5.32 Å². The van der Waals surface area contributed by atoms with Crippen molar-refractivity contribution in [2.75, 3.05) is 12.3 Å². The summed E-state index contributed by atoms with van der Waals surface area (Å²) in [5.41, 5.74) is 0.763. The van der Waals surface area contributed by atoms with Crippen LogP contribution in [0.2, 0.25) is 0 Å². The number of hydrogen-bond acceptors (Lipinski definition) is 3. The Morgan fingerprint density at radius 2 is 1.83 bits per heavy atom. The number of halogens is 2. The third-order valence-corrected chi connectivity index (χ3v) is 6.15. The van der Waals surface area contributed by atoms with E-state index in [4.69, 9.17) is 0 Å². The molecular weight excluding hydrogens is 394 g/mol. The molecule has 1 N–H and O–H groups in total. The van der Waals surface area contributed by atoms with Crippen molar-refractivity contribution in [3.05, 3.63) is 71.3 Å². The molecule has 2 aromatic rings. The summed E-state index contributed by atoms with van der Waals surface area (Å²) < 4.78 is 27.5. The van der Waals surface area contributed by atoms with Crippen molar-refractivity contribution in [1.29, 1.82) is 0 Å². The number of rotatable bonds is 7. The van der Waals surface area contributed by atoms with Gasteiger partial charge in [0.25, 0.3) is 5.91 Å². The lowest BCUT2D eigenvalue weighted by Gasteiger charge is -2.29. The van der Waals surface area contributed by atoms with Gasteiger partial charge in [0.1, 0.15) is 23.1 Å². The summed E-state index contributed by atoms with van der Waals surface area (Å²) in [5, 5.41) is 2.38. The summed E-state index contributed by atoms with van der Waals surface area (Å²) in [6.45, 7) is 2.62. The first-order chi connectivity index (χ1) is 14.0. The number of nitrogens with one attached hydrogen (secondary N) is 1. The lowest BCUT2D eigenvalue weighted by molar-refractivity contribution is -0.124. The second-order valence-corrected chi connectivity index (χ2v) is 8.09. The van der Waals surface area contributed by atoms with Gasteiger partial charge in [0.2, 0.25) is 5.91 Å². The first-order valence-electron chi connectivity index (χ1n) is 9.74. The minimum Gasteiger partial charge on any atom is -0.354 e. The fourth-order valence-electron chi connectivity index (χ4n) is 3.35. The summed E-state index contributed by atoms with van der Waals surface area (Å²) in [6.07, 6.45) is 2.92. The molecule has 0 saturated carbocycles. The molecule has 7 heteroatoms. The minimum atomic E-state index is -0.703. The average Bonchev–Trinajstić information content (AvgIpc) is 3.16. The summed E-state index contributed by atoms with van der Waals surface area (Å²) in [5.74, 6) is -1.23. The SMILES string of the molecule is CCCCCNC(=O)C1CSC(c2cccc(F)c2)N1C(=O)c1cccc(F)c1. The van der Waals surface area contributed by atoms with Crippen LogP contribution in [-0.4, -0.2) is 35.1 Å². The summed E-state index contributed by atoms with van der Waals surface area (Å²) in [6, 6.07) is 10.7. The highest BCUT2D eigenvalue weighted by atomic mass is 32.2. The van der Waals surface area contributed by atoms with Gasteiger partial charge in [-0.2, -0.15) is 0 Å². The molecule has 2 aromatic carbocycles. The van der Waals surface area contributed by atoms with Gasteiger partial charge < -0.3 is 10.2 Å². The van der Waals surface area contributed by atoms with Gasteiger partial charge in [-0.05, 0) is 42.3 Å². The molecule has 0 aromatic heterocycles. The maximum absolute atomic E-state index is 13.8. The molecule has 29 heavy (non-hydrogen) atoms. The highest BCUT2D eigenvalue weighted by Gasteiger charge is 2.42. The molecule has 3 rings (SSSR count). The Morgan fingerprint density at radius 3 is 2.52 bits per heavy atom. The van der Waals surface area contributed by atoms with E-state index in [0.717, 1.165) is 25.3 Å². The summed E-state index contributed by atoms with van der Waals surface area (Å²) >= 11 is 1.40. The number of thioether (sulfide) groups is 1. The van der Waals surface area contributed by atoms with Crippen LogP contribution in [0.15, 0.2) is 48.5 Å². The Morgan fingerprint density at radius 1 is 1.10 bits per heavy atom. The Bertz CT molecular complexity index is 877. The molecule has 154 valence electrons. The van der Waals surface area contributed by atoms with Crippen LogP contribution >= 0.6 is 11.8 Å². The first-order valence-corrected chi connectivity index (χ1v) is 10.8. The number of hydrogen-bond donors (Lipinski definition) is 1. The van der Waals surface area contributed by atoms with Gasteiger partial charge in [-0.3, -0.25) is 9.59 Å². The van der Waals surface area contributed by atoms with Gasteiger partial charge in [0, 0.05) is 17.9 Å². The zero-order valence-corrected chi connectivity index (χ0v) is 17.1. The van der Waals surface area contributed by atoms with E-state index >= 15 is 0 Å². The van der Waals surface area contributed by atoms with Crippen LogP contribution in [0.5, 0.6) is 0 Å². The Kier molecular flexibility index (Phi) is 7.25. The van der Waals surface area contributed by atoms with Gasteiger partial charge in [0.05, 0.1) is 0 Å². The van der Waals surface area contributed by atoms with E-state index in [0.29, 0.717) is 17.9 Å². The molecule has 2 unspecified atom stereocenters. The van der Waals surface area contributed by atoms with Crippen molar-refractivity contribution in [3.63, 3.8) is 0 Å². The van der Waals surface area contributed by atoms with E-state index < -0.39 is 29.0 Å². The highest BCUT2D eigenvalue weighted by Crippen LogP contribution is 2.42. The van der Waals surface area contributed by atoms with Crippen molar-refractivity contribution in [1.82, 2.24) is 10.2 Å². The number of amides is 2. The molecule has 1 saturated heterocycles. The van der Waals surface area contributed by atoms with E-state index in [9.17, 15) is 18.4 Å². The number of carbonyl (C=O) groups is 2. The van der Waals surface area contributed by atoms with Crippen LogP contribution in [0.1, 0.15) is 47.5 Å². The van der Waals surface area contributed by atoms with Gasteiger partial charge >= 0.3 is 0 Å². The first kappa shape index (κ1) is 21.3. The van der Waals surface area contributed by atoms with Crippen LogP contribution in [0.3, 0.4) is 0 Å². The van der Waals surface area contributed by atoms with Crippen LogP contribution in [0.25, 0.3) is 0 Å². The highest BCUT2D eigenvalue weighted by molar-refractivity contribution is 7.99. The maximum atomic E-state index is 13.8. The van der Waals surface area contributed by atoms with Crippen LogP contribution in [0.4, 0.5) is 8.78 Å². The Balaban J connectivity index is 1.87. The molecule has 0 bridgehead atoms. The molecule has 2 atom stereocenters. The monoisotopic (exact) mass is 418 g/mol. The number of benzene rings is 2. The van der Waals surface area contributed by atoms with E-state index in [1.165, 1.54) is 47.0 Å². The summed E-state index contributed by atoms with van der Waals surface area (Å²) in [4.78, 5) is 27.5. The van der Waals surface area contributed by atoms with Gasteiger partial charge in [-0.15, -0.1) is 11.8 Å². The minimum absolute atomic E-state index is 0.165. The second kappa shape index (κ2) is 9.87. The number of carbonyl (C=O) groups excluding carboxylic acids is 2. The maximum Gasteiger partial charge on any atom is 0.255 e. The lowest BCUT2D eigenvalue weighted by atomic mass is 10.1. The van der Waals surface area contributed by atoms with Crippen LogP contribution in [0, 0.1) is 11.6 Å². The second-order valence-electron chi connectivity index (χ2n) is 6.98. The Labute approximate surface area is 173 Å².